The van der Waals surface area contributed by atoms with Crippen LogP contribution in [0.3, 0.4) is 0 Å². The molecule has 1 unspecified atom stereocenters. The van der Waals surface area contributed by atoms with Crippen molar-refractivity contribution in [2.75, 3.05) is 0 Å². The van der Waals surface area contributed by atoms with Crippen molar-refractivity contribution >= 4 is 29.3 Å². The number of hydrogen-bond donors (Lipinski definition) is 1. The van der Waals surface area contributed by atoms with E-state index in [2.05, 4.69) is 25.9 Å². The van der Waals surface area contributed by atoms with E-state index in [1.807, 2.05) is 42.1 Å². The van der Waals surface area contributed by atoms with Gasteiger partial charge in [0.05, 0.1) is 23.2 Å². The number of carbonyl (C=O) groups is 1. The van der Waals surface area contributed by atoms with E-state index in [1.165, 1.54) is 11.8 Å². The second kappa shape index (κ2) is 7.69. The van der Waals surface area contributed by atoms with Crippen LogP contribution in [0.4, 0.5) is 0 Å². The standard InChI is InChI=1S/C17H18ClN7OS/c1-11(27-17-21-22-23-25(17)15-6-7-15)16(26)19-8-12-9-20-24(10-12)14-4-2-13(18)3-5-14/h2-5,9-11,15H,6-8H2,1H3,(H,19,26). The number of amides is 1. The van der Waals surface area contributed by atoms with Crippen LogP contribution in [0.15, 0.2) is 41.8 Å². The third-order valence-electron chi connectivity index (χ3n) is 4.20. The Kier molecular flexibility index (Phi) is 5.13. The van der Waals surface area contributed by atoms with Crippen molar-refractivity contribution in [1.82, 2.24) is 35.3 Å². The average Bonchev–Trinajstić information content (AvgIpc) is 3.22. The highest BCUT2D eigenvalue weighted by atomic mass is 35.5. The van der Waals surface area contributed by atoms with Gasteiger partial charge in [0.25, 0.3) is 0 Å². The molecule has 1 saturated carbocycles. The maximum atomic E-state index is 12.4. The summed E-state index contributed by atoms with van der Waals surface area (Å²) in [6.45, 7) is 2.26. The van der Waals surface area contributed by atoms with Crippen molar-refractivity contribution < 1.29 is 4.79 Å². The molecule has 0 spiro atoms. The smallest absolute Gasteiger partial charge is 0.233 e. The molecule has 4 rings (SSSR count). The van der Waals surface area contributed by atoms with Crippen LogP contribution in [0, 0.1) is 0 Å². The highest BCUT2D eigenvalue weighted by molar-refractivity contribution is 8.00. The first-order valence-corrected chi connectivity index (χ1v) is 9.87. The monoisotopic (exact) mass is 403 g/mol. The lowest BCUT2D eigenvalue weighted by Gasteiger charge is -2.10. The summed E-state index contributed by atoms with van der Waals surface area (Å²) in [4.78, 5) is 12.4. The van der Waals surface area contributed by atoms with Crippen LogP contribution in [0.5, 0.6) is 0 Å². The van der Waals surface area contributed by atoms with Crippen molar-refractivity contribution in [1.29, 1.82) is 0 Å². The van der Waals surface area contributed by atoms with Crippen LogP contribution < -0.4 is 5.32 Å². The van der Waals surface area contributed by atoms with Crippen LogP contribution in [-0.4, -0.2) is 41.1 Å². The Morgan fingerprint density at radius 2 is 2.15 bits per heavy atom. The Balaban J connectivity index is 1.32. The van der Waals surface area contributed by atoms with Gasteiger partial charge in [0, 0.05) is 23.3 Å². The molecule has 1 fully saturated rings. The summed E-state index contributed by atoms with van der Waals surface area (Å²) in [5.74, 6) is -0.0652. The molecule has 1 amide bonds. The molecule has 0 saturated heterocycles. The van der Waals surface area contributed by atoms with E-state index in [9.17, 15) is 4.79 Å². The predicted octanol–water partition coefficient (Wildman–Crippen LogP) is 2.64. The van der Waals surface area contributed by atoms with Crippen LogP contribution in [-0.2, 0) is 11.3 Å². The zero-order valence-electron chi connectivity index (χ0n) is 14.6. The first kappa shape index (κ1) is 18.0. The van der Waals surface area contributed by atoms with E-state index >= 15 is 0 Å². The third kappa shape index (κ3) is 4.30. The van der Waals surface area contributed by atoms with Gasteiger partial charge in [-0.3, -0.25) is 4.79 Å². The van der Waals surface area contributed by atoms with Crippen molar-refractivity contribution in [3.05, 3.63) is 47.2 Å². The summed E-state index contributed by atoms with van der Waals surface area (Å²) >= 11 is 7.28. The highest BCUT2D eigenvalue weighted by Crippen LogP contribution is 2.37. The quantitative estimate of drug-likeness (QED) is 0.610. The lowest BCUT2D eigenvalue weighted by atomic mass is 10.3. The largest absolute Gasteiger partial charge is 0.351 e. The van der Waals surface area contributed by atoms with Crippen molar-refractivity contribution in [2.45, 2.75) is 42.8 Å². The van der Waals surface area contributed by atoms with Crippen LogP contribution in [0.1, 0.15) is 31.4 Å². The molecule has 0 aliphatic heterocycles. The summed E-state index contributed by atoms with van der Waals surface area (Å²) in [7, 11) is 0. The number of nitrogens with zero attached hydrogens (tertiary/aromatic N) is 6. The van der Waals surface area contributed by atoms with Gasteiger partial charge in [0.15, 0.2) is 0 Å². The van der Waals surface area contributed by atoms with Crippen molar-refractivity contribution in [3.8, 4) is 5.69 Å². The molecule has 0 radical (unpaired) electrons. The number of aromatic nitrogens is 6. The second-order valence-electron chi connectivity index (χ2n) is 6.38. The molecule has 140 valence electrons. The Morgan fingerprint density at radius 1 is 1.37 bits per heavy atom. The molecule has 2 heterocycles. The van der Waals surface area contributed by atoms with Crippen LogP contribution in [0.25, 0.3) is 5.69 Å². The van der Waals surface area contributed by atoms with E-state index in [1.54, 1.807) is 10.9 Å². The van der Waals surface area contributed by atoms with Crippen LogP contribution >= 0.6 is 23.4 Å². The van der Waals surface area contributed by atoms with Crippen LogP contribution in [0.2, 0.25) is 5.02 Å². The minimum atomic E-state index is -0.292. The summed E-state index contributed by atoms with van der Waals surface area (Å²) in [5, 5.41) is 20.1. The number of carbonyl (C=O) groups excluding carboxylic acids is 1. The molecule has 3 aromatic rings. The van der Waals surface area contributed by atoms with E-state index < -0.39 is 0 Å². The highest BCUT2D eigenvalue weighted by Gasteiger charge is 2.29. The Hall–Kier alpha value is -2.39. The zero-order chi connectivity index (χ0) is 18.8. The van der Waals surface area contributed by atoms with Crippen molar-refractivity contribution in [2.24, 2.45) is 0 Å². The lowest BCUT2D eigenvalue weighted by Crippen LogP contribution is -2.30. The van der Waals surface area contributed by atoms with Gasteiger partial charge in [-0.25, -0.2) is 9.36 Å². The number of halogens is 1. The molecular formula is C17H18ClN7OS. The molecule has 27 heavy (non-hydrogen) atoms. The fourth-order valence-electron chi connectivity index (χ4n) is 2.54. The van der Waals surface area contributed by atoms with E-state index in [0.29, 0.717) is 22.8 Å². The topological polar surface area (TPSA) is 90.5 Å². The molecule has 1 aliphatic rings. The number of nitrogens with one attached hydrogen (secondary N) is 1. The molecule has 1 atom stereocenters. The van der Waals surface area contributed by atoms with Gasteiger partial charge in [0.2, 0.25) is 11.1 Å². The minimum absolute atomic E-state index is 0.0652. The maximum Gasteiger partial charge on any atom is 0.233 e. The normalized spacial score (nSPS) is 14.9. The Morgan fingerprint density at radius 3 is 2.89 bits per heavy atom. The molecule has 8 nitrogen and oxygen atoms in total. The summed E-state index contributed by atoms with van der Waals surface area (Å²) in [6.07, 6.45) is 5.81. The van der Waals surface area contributed by atoms with Gasteiger partial charge in [-0.05, 0) is 54.5 Å². The Labute approximate surface area is 165 Å². The molecule has 1 aliphatic carbocycles. The number of benzene rings is 1. The molecule has 10 heteroatoms. The van der Waals surface area contributed by atoms with E-state index in [0.717, 1.165) is 24.1 Å². The first-order valence-electron chi connectivity index (χ1n) is 8.62. The molecule has 1 aromatic carbocycles. The predicted molar refractivity (Wildman–Crippen MR) is 102 cm³/mol. The van der Waals surface area contributed by atoms with Gasteiger partial charge < -0.3 is 5.32 Å². The van der Waals surface area contributed by atoms with E-state index in [-0.39, 0.29) is 11.2 Å². The summed E-state index contributed by atoms with van der Waals surface area (Å²) in [5.41, 5.74) is 1.83. The van der Waals surface area contributed by atoms with Gasteiger partial charge in [-0.2, -0.15) is 5.10 Å². The van der Waals surface area contributed by atoms with Gasteiger partial charge in [0.1, 0.15) is 0 Å². The number of thioether (sulfide) groups is 1. The van der Waals surface area contributed by atoms with Gasteiger partial charge in [-0.15, -0.1) is 5.10 Å². The maximum absolute atomic E-state index is 12.4. The average molecular weight is 404 g/mol. The fourth-order valence-corrected chi connectivity index (χ4v) is 3.55. The van der Waals surface area contributed by atoms with Crippen molar-refractivity contribution in [3.63, 3.8) is 0 Å². The fraction of sp³-hybridized carbons (Fsp3) is 0.353. The van der Waals surface area contributed by atoms with Gasteiger partial charge >= 0.3 is 0 Å². The van der Waals surface area contributed by atoms with E-state index in [4.69, 9.17) is 11.6 Å². The first-order chi connectivity index (χ1) is 13.1. The lowest BCUT2D eigenvalue weighted by molar-refractivity contribution is -0.120. The molecule has 0 bridgehead atoms. The number of tetrazole rings is 1. The molecule has 2 aromatic heterocycles. The van der Waals surface area contributed by atoms with Gasteiger partial charge in [-0.1, -0.05) is 23.4 Å². The Bertz CT molecular complexity index is 935. The minimum Gasteiger partial charge on any atom is -0.351 e. The second-order valence-corrected chi connectivity index (χ2v) is 8.13. The molecular weight excluding hydrogens is 386 g/mol. The SMILES string of the molecule is CC(Sc1nnnn1C1CC1)C(=O)NCc1cnn(-c2ccc(Cl)cc2)c1. The summed E-state index contributed by atoms with van der Waals surface area (Å²) < 4.78 is 3.56. The molecule has 1 N–H and O–H groups in total. The summed E-state index contributed by atoms with van der Waals surface area (Å²) in [6, 6.07) is 7.79. The zero-order valence-corrected chi connectivity index (χ0v) is 16.2. The number of hydrogen-bond acceptors (Lipinski definition) is 6. The number of rotatable bonds is 7. The third-order valence-corrected chi connectivity index (χ3v) is 5.50.